The Kier molecular flexibility index (Phi) is 4.25. The highest BCUT2D eigenvalue weighted by Crippen LogP contribution is 2.46. The van der Waals surface area contributed by atoms with Crippen LogP contribution in [0, 0.1) is 5.92 Å². The van der Waals surface area contributed by atoms with Gasteiger partial charge in [0.25, 0.3) is 0 Å². The zero-order valence-corrected chi connectivity index (χ0v) is 14.3. The van der Waals surface area contributed by atoms with Crippen LogP contribution in [0.15, 0.2) is 24.3 Å². The molecule has 6 heteroatoms. The van der Waals surface area contributed by atoms with Gasteiger partial charge in [-0.1, -0.05) is 12.1 Å². The smallest absolute Gasteiger partial charge is 0.307 e. The van der Waals surface area contributed by atoms with Crippen molar-refractivity contribution in [3.63, 3.8) is 0 Å². The van der Waals surface area contributed by atoms with E-state index >= 15 is 0 Å². The second-order valence-corrected chi connectivity index (χ2v) is 7.02. The lowest BCUT2D eigenvalue weighted by molar-refractivity contribution is -0.178. The zero-order chi connectivity index (χ0) is 17.4. The van der Waals surface area contributed by atoms with Crippen molar-refractivity contribution in [1.29, 1.82) is 0 Å². The molecule has 0 unspecified atom stereocenters. The fourth-order valence-corrected chi connectivity index (χ4v) is 3.74. The molecule has 1 aromatic rings. The van der Waals surface area contributed by atoms with Gasteiger partial charge in [-0.2, -0.15) is 0 Å². The van der Waals surface area contributed by atoms with Gasteiger partial charge in [0.15, 0.2) is 0 Å². The Morgan fingerprint density at radius 1 is 1.33 bits per heavy atom. The van der Waals surface area contributed by atoms with Crippen molar-refractivity contribution in [3.05, 3.63) is 24.3 Å². The van der Waals surface area contributed by atoms with Gasteiger partial charge in [-0.15, -0.1) is 0 Å². The molecule has 0 aromatic heterocycles. The first-order chi connectivity index (χ1) is 11.4. The summed E-state index contributed by atoms with van der Waals surface area (Å²) in [5.41, 5.74) is -0.623. The van der Waals surface area contributed by atoms with Crippen LogP contribution < -0.4 is 10.1 Å². The van der Waals surface area contributed by atoms with Gasteiger partial charge in [-0.05, 0) is 26.0 Å². The van der Waals surface area contributed by atoms with E-state index < -0.39 is 17.1 Å². The molecule has 130 valence electrons. The van der Waals surface area contributed by atoms with Crippen molar-refractivity contribution in [3.8, 4) is 5.75 Å². The molecule has 1 amide bonds. The first-order valence-corrected chi connectivity index (χ1v) is 8.15. The number of anilines is 1. The van der Waals surface area contributed by atoms with Crippen LogP contribution in [-0.2, 0) is 19.1 Å². The fourth-order valence-electron chi connectivity index (χ4n) is 3.74. The summed E-state index contributed by atoms with van der Waals surface area (Å²) in [6.45, 7) is 4.38. The lowest BCUT2D eigenvalue weighted by Gasteiger charge is -2.43. The Bertz CT molecular complexity index is 657. The van der Waals surface area contributed by atoms with Crippen molar-refractivity contribution in [2.24, 2.45) is 5.92 Å². The number of esters is 1. The first kappa shape index (κ1) is 16.8. The van der Waals surface area contributed by atoms with Gasteiger partial charge in [0, 0.05) is 12.8 Å². The maximum absolute atomic E-state index is 12.9. The summed E-state index contributed by atoms with van der Waals surface area (Å²) in [5.74, 6) is -0.494. The molecule has 1 aromatic carbocycles. The molecule has 2 fully saturated rings. The molecule has 2 saturated heterocycles. The Labute approximate surface area is 141 Å². The van der Waals surface area contributed by atoms with Gasteiger partial charge >= 0.3 is 5.97 Å². The van der Waals surface area contributed by atoms with Crippen molar-refractivity contribution in [2.45, 2.75) is 44.3 Å². The Morgan fingerprint density at radius 3 is 2.79 bits per heavy atom. The van der Waals surface area contributed by atoms with Gasteiger partial charge < -0.3 is 19.5 Å². The molecular weight excluding hydrogens is 310 g/mol. The predicted molar refractivity (Wildman–Crippen MR) is 87.8 cm³/mol. The second-order valence-electron chi connectivity index (χ2n) is 7.02. The first-order valence-electron chi connectivity index (χ1n) is 8.15. The van der Waals surface area contributed by atoms with Crippen LogP contribution in [0.25, 0.3) is 0 Å². The molecule has 1 spiro atoms. The fraction of sp³-hybridized carbons (Fsp3) is 0.556. The topological polar surface area (TPSA) is 73.9 Å². The van der Waals surface area contributed by atoms with E-state index in [1.807, 2.05) is 26.0 Å². The summed E-state index contributed by atoms with van der Waals surface area (Å²) in [7, 11) is 1.55. The molecule has 0 aliphatic carbocycles. The van der Waals surface area contributed by atoms with E-state index in [1.54, 1.807) is 19.2 Å². The molecular formula is C18H23NO5. The largest absolute Gasteiger partial charge is 0.495 e. The van der Waals surface area contributed by atoms with E-state index in [9.17, 15) is 9.59 Å². The van der Waals surface area contributed by atoms with Crippen molar-refractivity contribution in [2.75, 3.05) is 19.0 Å². The summed E-state index contributed by atoms with van der Waals surface area (Å²) >= 11 is 0. The van der Waals surface area contributed by atoms with Crippen molar-refractivity contribution in [1.82, 2.24) is 0 Å². The van der Waals surface area contributed by atoms with E-state index in [1.165, 1.54) is 0 Å². The average molecular weight is 333 g/mol. The number of ether oxygens (including phenoxy) is 3. The van der Waals surface area contributed by atoms with E-state index in [4.69, 9.17) is 14.2 Å². The molecule has 0 bridgehead atoms. The van der Waals surface area contributed by atoms with Gasteiger partial charge in [0.2, 0.25) is 5.91 Å². The van der Waals surface area contributed by atoms with Gasteiger partial charge in [0.05, 0.1) is 37.3 Å². The third kappa shape index (κ3) is 3.11. The summed E-state index contributed by atoms with van der Waals surface area (Å²) in [6.07, 6.45) is 1.14. The molecule has 2 aliphatic rings. The summed E-state index contributed by atoms with van der Waals surface area (Å²) < 4.78 is 16.6. The SMILES string of the molecule is COc1ccccc1NC(=O)[C@H]1CC(=O)O[C@]12CCOC(C)(C)C2. The third-order valence-electron chi connectivity index (χ3n) is 4.75. The Morgan fingerprint density at radius 2 is 2.08 bits per heavy atom. The molecule has 24 heavy (non-hydrogen) atoms. The van der Waals surface area contributed by atoms with Crippen LogP contribution in [0.1, 0.15) is 33.1 Å². The van der Waals surface area contributed by atoms with Crippen LogP contribution in [0.2, 0.25) is 0 Å². The molecule has 1 N–H and O–H groups in total. The van der Waals surface area contributed by atoms with Crippen LogP contribution in [0.4, 0.5) is 5.69 Å². The minimum absolute atomic E-state index is 0.0943. The maximum atomic E-state index is 12.9. The number of para-hydroxylation sites is 2. The predicted octanol–water partition coefficient (Wildman–Crippen LogP) is 2.52. The number of amides is 1. The number of benzene rings is 1. The molecule has 6 nitrogen and oxygen atoms in total. The van der Waals surface area contributed by atoms with Crippen LogP contribution in [0.3, 0.4) is 0 Å². The highest BCUT2D eigenvalue weighted by Gasteiger charge is 2.56. The number of rotatable bonds is 3. The number of hydrogen-bond acceptors (Lipinski definition) is 5. The van der Waals surface area contributed by atoms with E-state index in [2.05, 4.69) is 5.32 Å². The van der Waals surface area contributed by atoms with Crippen LogP contribution >= 0.6 is 0 Å². The van der Waals surface area contributed by atoms with Crippen LogP contribution in [0.5, 0.6) is 5.75 Å². The van der Waals surface area contributed by atoms with Crippen molar-refractivity contribution < 1.29 is 23.8 Å². The number of nitrogens with one attached hydrogen (secondary N) is 1. The average Bonchev–Trinajstić information content (AvgIpc) is 2.82. The van der Waals surface area contributed by atoms with E-state index in [0.717, 1.165) is 0 Å². The number of carbonyl (C=O) groups is 2. The third-order valence-corrected chi connectivity index (χ3v) is 4.75. The Hall–Kier alpha value is -2.08. The normalized spacial score (nSPS) is 28.5. The second kappa shape index (κ2) is 6.09. The highest BCUT2D eigenvalue weighted by molar-refractivity contribution is 5.98. The molecule has 2 heterocycles. The number of methoxy groups -OCH3 is 1. The molecule has 0 radical (unpaired) electrons. The molecule has 0 saturated carbocycles. The maximum Gasteiger partial charge on any atom is 0.307 e. The van der Waals surface area contributed by atoms with Crippen LogP contribution in [-0.4, -0.2) is 36.8 Å². The monoisotopic (exact) mass is 333 g/mol. The summed E-state index contributed by atoms with van der Waals surface area (Å²) in [6, 6.07) is 7.20. The summed E-state index contributed by atoms with van der Waals surface area (Å²) in [5, 5.41) is 2.89. The lowest BCUT2D eigenvalue weighted by Crippen LogP contribution is -2.52. The van der Waals surface area contributed by atoms with E-state index in [0.29, 0.717) is 30.9 Å². The number of carbonyl (C=O) groups excluding carboxylic acids is 2. The Balaban J connectivity index is 1.83. The minimum atomic E-state index is -0.787. The highest BCUT2D eigenvalue weighted by atomic mass is 16.6. The molecule has 2 aliphatic heterocycles. The summed E-state index contributed by atoms with van der Waals surface area (Å²) in [4.78, 5) is 24.8. The lowest BCUT2D eigenvalue weighted by atomic mass is 9.75. The quantitative estimate of drug-likeness (QED) is 0.861. The van der Waals surface area contributed by atoms with Gasteiger partial charge in [0.1, 0.15) is 11.4 Å². The number of hydrogen-bond donors (Lipinski definition) is 1. The zero-order valence-electron chi connectivity index (χ0n) is 14.3. The molecule has 2 atom stereocenters. The van der Waals surface area contributed by atoms with Crippen molar-refractivity contribution >= 4 is 17.6 Å². The van der Waals surface area contributed by atoms with Gasteiger partial charge in [-0.25, -0.2) is 0 Å². The molecule has 3 rings (SSSR count). The standard InChI is InChI=1S/C18H23NO5/c1-17(2)11-18(8-9-23-17)12(10-15(20)24-18)16(21)19-13-6-4-5-7-14(13)22-3/h4-7,12H,8-11H2,1-3H3,(H,19,21)/t12-,18+/m1/s1. The van der Waals surface area contributed by atoms with E-state index in [-0.39, 0.29) is 18.3 Å². The van der Waals surface area contributed by atoms with Gasteiger partial charge in [-0.3, -0.25) is 9.59 Å². The minimum Gasteiger partial charge on any atom is -0.495 e.